The molecule has 0 aliphatic carbocycles. The highest BCUT2D eigenvalue weighted by molar-refractivity contribution is 7.99. The first-order chi connectivity index (χ1) is 17.2. The highest BCUT2D eigenvalue weighted by Gasteiger charge is 2.22. The van der Waals surface area contributed by atoms with Crippen molar-refractivity contribution in [2.24, 2.45) is 0 Å². The number of aromatic nitrogens is 6. The van der Waals surface area contributed by atoms with E-state index >= 15 is 0 Å². The number of hydrogen-bond acceptors (Lipinski definition) is 7. The predicted octanol–water partition coefficient (Wildman–Crippen LogP) is 5.00. The summed E-state index contributed by atoms with van der Waals surface area (Å²) in [6, 6.07) is 27.0. The summed E-state index contributed by atoms with van der Waals surface area (Å²) in [7, 11) is 0. The predicted molar refractivity (Wildman–Crippen MR) is 134 cm³/mol. The van der Waals surface area contributed by atoms with Crippen molar-refractivity contribution in [2.75, 3.05) is 0 Å². The summed E-state index contributed by atoms with van der Waals surface area (Å²) in [5.41, 5.74) is 2.54. The molecule has 0 N–H and O–H groups in total. The van der Waals surface area contributed by atoms with Gasteiger partial charge in [-0.15, -0.1) is 20.4 Å². The van der Waals surface area contributed by atoms with Crippen LogP contribution in [0.1, 0.15) is 23.6 Å². The van der Waals surface area contributed by atoms with Crippen molar-refractivity contribution in [1.29, 1.82) is 0 Å². The highest BCUT2D eigenvalue weighted by atomic mass is 32.2. The first-order valence-corrected chi connectivity index (χ1v) is 12.0. The normalized spacial score (nSPS) is 12.4. The van der Waals surface area contributed by atoms with Crippen LogP contribution < -0.4 is 5.56 Å². The standard InChI is InChI=1S/C26H20N6O2S/c1-17(22-27-28-23(34-22)19-12-6-3-7-13-19)35-26-30-29-25-31(16-18-10-4-2-5-11-18)24(33)20-14-8-9-15-21(20)32(25)26/h2-15,17H,16H2,1H3. The molecular weight excluding hydrogens is 460 g/mol. The van der Waals surface area contributed by atoms with Gasteiger partial charge < -0.3 is 4.42 Å². The third-order valence-corrected chi connectivity index (χ3v) is 6.78. The zero-order chi connectivity index (χ0) is 23.8. The van der Waals surface area contributed by atoms with Crippen LogP contribution in [0, 0.1) is 0 Å². The van der Waals surface area contributed by atoms with Crippen LogP contribution in [-0.2, 0) is 6.54 Å². The van der Waals surface area contributed by atoms with Crippen LogP contribution in [0.3, 0.4) is 0 Å². The van der Waals surface area contributed by atoms with Crippen LogP contribution in [0.2, 0.25) is 0 Å². The molecule has 0 aliphatic rings. The Bertz CT molecular complexity index is 1690. The average Bonchev–Trinajstić information content (AvgIpc) is 3.56. The Hall–Kier alpha value is -4.24. The first kappa shape index (κ1) is 21.3. The molecule has 172 valence electrons. The topological polar surface area (TPSA) is 91.1 Å². The Balaban J connectivity index is 1.41. The molecule has 0 aliphatic heterocycles. The lowest BCUT2D eigenvalue weighted by Gasteiger charge is -2.12. The van der Waals surface area contributed by atoms with E-state index in [0.717, 1.165) is 16.6 Å². The molecule has 1 atom stereocenters. The van der Waals surface area contributed by atoms with E-state index in [4.69, 9.17) is 4.42 Å². The van der Waals surface area contributed by atoms with Gasteiger partial charge in [0.05, 0.1) is 22.7 Å². The Morgan fingerprint density at radius 3 is 2.37 bits per heavy atom. The second-order valence-corrected chi connectivity index (χ2v) is 9.39. The van der Waals surface area contributed by atoms with Crippen molar-refractivity contribution in [3.8, 4) is 11.5 Å². The molecule has 0 amide bonds. The molecule has 9 heteroatoms. The minimum absolute atomic E-state index is 0.0987. The molecule has 6 rings (SSSR count). The molecular formula is C26H20N6O2S. The van der Waals surface area contributed by atoms with E-state index in [1.54, 1.807) is 4.57 Å². The van der Waals surface area contributed by atoms with E-state index < -0.39 is 0 Å². The van der Waals surface area contributed by atoms with Crippen LogP contribution in [0.15, 0.2) is 99.3 Å². The first-order valence-electron chi connectivity index (χ1n) is 11.1. The lowest BCUT2D eigenvalue weighted by atomic mass is 10.2. The number of rotatable bonds is 6. The van der Waals surface area contributed by atoms with E-state index in [0.29, 0.717) is 34.6 Å². The fourth-order valence-corrected chi connectivity index (χ4v) is 4.91. The zero-order valence-electron chi connectivity index (χ0n) is 18.8. The Labute approximate surface area is 204 Å². The van der Waals surface area contributed by atoms with Crippen molar-refractivity contribution in [3.05, 3.63) is 107 Å². The molecule has 3 heterocycles. The molecule has 8 nitrogen and oxygen atoms in total. The minimum atomic E-state index is -0.180. The summed E-state index contributed by atoms with van der Waals surface area (Å²) >= 11 is 1.45. The number of benzene rings is 3. The fraction of sp³-hybridized carbons (Fsp3) is 0.115. The Kier molecular flexibility index (Phi) is 5.38. The number of hydrogen-bond donors (Lipinski definition) is 0. The van der Waals surface area contributed by atoms with Gasteiger partial charge in [-0.25, -0.2) is 0 Å². The Morgan fingerprint density at radius 1 is 0.857 bits per heavy atom. The monoisotopic (exact) mass is 480 g/mol. The van der Waals surface area contributed by atoms with Gasteiger partial charge >= 0.3 is 0 Å². The zero-order valence-corrected chi connectivity index (χ0v) is 19.6. The van der Waals surface area contributed by atoms with Crippen molar-refractivity contribution in [2.45, 2.75) is 23.9 Å². The average molecular weight is 481 g/mol. The number of para-hydroxylation sites is 1. The summed E-state index contributed by atoms with van der Waals surface area (Å²) < 4.78 is 9.54. The van der Waals surface area contributed by atoms with Gasteiger partial charge in [0.1, 0.15) is 0 Å². The highest BCUT2D eigenvalue weighted by Crippen LogP contribution is 2.35. The quantitative estimate of drug-likeness (QED) is 0.310. The van der Waals surface area contributed by atoms with E-state index in [9.17, 15) is 4.79 Å². The van der Waals surface area contributed by atoms with Crippen LogP contribution in [0.25, 0.3) is 28.1 Å². The molecule has 1 unspecified atom stereocenters. The third-order valence-electron chi connectivity index (χ3n) is 5.75. The summed E-state index contributed by atoms with van der Waals surface area (Å²) in [6.07, 6.45) is 0. The molecule has 0 saturated carbocycles. The van der Waals surface area contributed by atoms with Gasteiger partial charge in [0, 0.05) is 5.56 Å². The van der Waals surface area contributed by atoms with Crippen molar-refractivity contribution >= 4 is 28.4 Å². The second-order valence-electron chi connectivity index (χ2n) is 8.08. The maximum Gasteiger partial charge on any atom is 0.263 e. The third kappa shape index (κ3) is 3.89. The molecule has 6 aromatic rings. The molecule has 0 fully saturated rings. The van der Waals surface area contributed by atoms with Gasteiger partial charge in [0.25, 0.3) is 5.56 Å². The summed E-state index contributed by atoms with van der Waals surface area (Å²) in [5, 5.41) is 18.4. The van der Waals surface area contributed by atoms with E-state index in [1.807, 2.05) is 96.3 Å². The minimum Gasteiger partial charge on any atom is -0.419 e. The number of fused-ring (bicyclic) bond motifs is 3. The van der Waals surface area contributed by atoms with Gasteiger partial charge in [0.2, 0.25) is 17.6 Å². The SMILES string of the molecule is CC(Sc1nnc2n(Cc3ccccc3)c(=O)c3ccccc3n12)c1nnc(-c2ccccc2)o1. The molecule has 35 heavy (non-hydrogen) atoms. The van der Waals surface area contributed by atoms with Gasteiger partial charge in [-0.05, 0) is 36.8 Å². The maximum atomic E-state index is 13.4. The lowest BCUT2D eigenvalue weighted by Crippen LogP contribution is -2.24. The lowest BCUT2D eigenvalue weighted by molar-refractivity contribution is 0.509. The van der Waals surface area contributed by atoms with Gasteiger partial charge in [0.15, 0.2) is 5.16 Å². The smallest absolute Gasteiger partial charge is 0.263 e. The van der Waals surface area contributed by atoms with Crippen LogP contribution in [-0.4, -0.2) is 29.4 Å². The van der Waals surface area contributed by atoms with E-state index in [-0.39, 0.29) is 10.8 Å². The van der Waals surface area contributed by atoms with Gasteiger partial charge in [-0.2, -0.15) is 0 Å². The van der Waals surface area contributed by atoms with E-state index in [2.05, 4.69) is 20.4 Å². The number of thioether (sulfide) groups is 1. The van der Waals surface area contributed by atoms with Crippen LogP contribution >= 0.6 is 11.8 Å². The molecule has 0 radical (unpaired) electrons. The van der Waals surface area contributed by atoms with E-state index in [1.165, 1.54) is 11.8 Å². The summed E-state index contributed by atoms with van der Waals surface area (Å²) in [4.78, 5) is 13.4. The van der Waals surface area contributed by atoms with Crippen LogP contribution in [0.5, 0.6) is 0 Å². The van der Waals surface area contributed by atoms with Gasteiger partial charge in [-0.3, -0.25) is 13.8 Å². The molecule has 0 bridgehead atoms. The van der Waals surface area contributed by atoms with Crippen molar-refractivity contribution < 1.29 is 4.42 Å². The summed E-state index contributed by atoms with van der Waals surface area (Å²) in [6.45, 7) is 2.38. The Morgan fingerprint density at radius 2 is 1.57 bits per heavy atom. The molecule has 0 saturated heterocycles. The molecule has 3 aromatic heterocycles. The molecule has 3 aromatic carbocycles. The van der Waals surface area contributed by atoms with Crippen LogP contribution in [0.4, 0.5) is 0 Å². The maximum absolute atomic E-state index is 13.4. The largest absolute Gasteiger partial charge is 0.419 e. The van der Waals surface area contributed by atoms with Crippen molar-refractivity contribution in [1.82, 2.24) is 29.4 Å². The fourth-order valence-electron chi connectivity index (χ4n) is 4.02. The van der Waals surface area contributed by atoms with Gasteiger partial charge in [-0.1, -0.05) is 72.4 Å². The summed E-state index contributed by atoms with van der Waals surface area (Å²) in [5.74, 6) is 1.46. The molecule has 0 spiro atoms. The number of nitrogens with zero attached hydrogens (tertiary/aromatic N) is 6. The van der Waals surface area contributed by atoms with Crippen molar-refractivity contribution in [3.63, 3.8) is 0 Å². The second kappa shape index (κ2) is 8.84.